The number of methoxy groups -OCH3 is 1. The summed E-state index contributed by atoms with van der Waals surface area (Å²) in [5.74, 6) is 0.424. The molecular weight excluding hydrogens is 281 g/mol. The fraction of sp³-hybridized carbons (Fsp3) is 0.300. The number of amides is 1. The van der Waals surface area contributed by atoms with Gasteiger partial charge in [-0.1, -0.05) is 15.9 Å². The highest BCUT2D eigenvalue weighted by Crippen LogP contribution is 2.31. The maximum atomic E-state index is 11.4. The molecule has 0 bridgehead atoms. The van der Waals surface area contributed by atoms with E-state index < -0.39 is 5.38 Å². The average molecular weight is 293 g/mol. The molecule has 1 rings (SSSR count). The highest BCUT2D eigenvalue weighted by molar-refractivity contribution is 9.10. The molecule has 0 spiro atoms. The maximum Gasteiger partial charge on any atom is 0.242 e. The number of nitrogens with one attached hydrogen (secondary N) is 1. The average Bonchev–Trinajstić information content (AvgIpc) is 2.27. The Balaban J connectivity index is 3.06. The number of ether oxygens (including phenoxy) is 1. The van der Waals surface area contributed by atoms with Gasteiger partial charge in [0.05, 0.1) is 7.11 Å². The Hall–Kier alpha value is -0.740. The van der Waals surface area contributed by atoms with Gasteiger partial charge in [0.2, 0.25) is 5.91 Å². The van der Waals surface area contributed by atoms with Gasteiger partial charge in [0.25, 0.3) is 0 Å². The number of hydrogen-bond donors (Lipinski definition) is 1. The molecule has 1 aromatic rings. The topological polar surface area (TPSA) is 38.3 Å². The minimum atomic E-state index is -0.723. The van der Waals surface area contributed by atoms with Crippen LogP contribution in [0.3, 0.4) is 0 Å². The van der Waals surface area contributed by atoms with Gasteiger partial charge in [0.1, 0.15) is 11.1 Å². The first-order valence-electron chi connectivity index (χ1n) is 4.29. The summed E-state index contributed by atoms with van der Waals surface area (Å²) in [7, 11) is 3.11. The fourth-order valence-corrected chi connectivity index (χ4v) is 2.01. The first-order valence-corrected chi connectivity index (χ1v) is 5.52. The van der Waals surface area contributed by atoms with Crippen LogP contribution in [0.1, 0.15) is 10.9 Å². The molecule has 0 aromatic heterocycles. The smallest absolute Gasteiger partial charge is 0.242 e. The van der Waals surface area contributed by atoms with Crippen molar-refractivity contribution in [2.45, 2.75) is 5.38 Å². The molecule has 0 heterocycles. The van der Waals surface area contributed by atoms with Crippen LogP contribution in [0.15, 0.2) is 22.7 Å². The van der Waals surface area contributed by atoms with E-state index in [-0.39, 0.29) is 5.91 Å². The first-order chi connectivity index (χ1) is 7.10. The zero-order valence-electron chi connectivity index (χ0n) is 8.38. The molecule has 3 nitrogen and oxygen atoms in total. The second kappa shape index (κ2) is 5.37. The van der Waals surface area contributed by atoms with Gasteiger partial charge in [-0.25, -0.2) is 0 Å². The number of carbonyl (C=O) groups excluding carboxylic acids is 1. The molecule has 0 aliphatic carbocycles. The van der Waals surface area contributed by atoms with E-state index in [4.69, 9.17) is 16.3 Å². The van der Waals surface area contributed by atoms with Gasteiger partial charge in [0.15, 0.2) is 0 Å². The summed E-state index contributed by atoms with van der Waals surface area (Å²) in [5.41, 5.74) is 0.690. The van der Waals surface area contributed by atoms with E-state index in [1.807, 2.05) is 0 Å². The summed E-state index contributed by atoms with van der Waals surface area (Å²) in [4.78, 5) is 11.4. The molecule has 15 heavy (non-hydrogen) atoms. The van der Waals surface area contributed by atoms with Crippen LogP contribution < -0.4 is 10.1 Å². The van der Waals surface area contributed by atoms with E-state index in [1.54, 1.807) is 32.4 Å². The van der Waals surface area contributed by atoms with E-state index in [9.17, 15) is 4.79 Å². The van der Waals surface area contributed by atoms with Gasteiger partial charge in [-0.05, 0) is 23.8 Å². The molecule has 82 valence electrons. The minimum Gasteiger partial charge on any atom is -0.497 e. The molecule has 5 heteroatoms. The summed E-state index contributed by atoms with van der Waals surface area (Å²) >= 11 is 9.33. The standard InChI is InChI=1S/C10H11BrClNO2/c1-13-10(14)9(12)7-5-6(15-2)3-4-8(7)11/h3-5,9H,1-2H3,(H,13,14). The summed E-state index contributed by atoms with van der Waals surface area (Å²) < 4.78 is 5.85. The predicted octanol–water partition coefficient (Wildman–Crippen LogP) is 2.48. The van der Waals surface area contributed by atoms with E-state index in [0.717, 1.165) is 4.47 Å². The molecule has 0 aliphatic heterocycles. The van der Waals surface area contributed by atoms with Crippen LogP contribution in [0.4, 0.5) is 0 Å². The fourth-order valence-electron chi connectivity index (χ4n) is 1.11. The van der Waals surface area contributed by atoms with Gasteiger partial charge in [0, 0.05) is 11.5 Å². The number of carbonyl (C=O) groups is 1. The Morgan fingerprint density at radius 2 is 2.27 bits per heavy atom. The van der Waals surface area contributed by atoms with Crippen molar-refractivity contribution < 1.29 is 9.53 Å². The third-order valence-electron chi connectivity index (χ3n) is 1.95. The normalized spacial score (nSPS) is 12.0. The highest BCUT2D eigenvalue weighted by Gasteiger charge is 2.19. The van der Waals surface area contributed by atoms with Crippen LogP contribution in [0.5, 0.6) is 5.75 Å². The van der Waals surface area contributed by atoms with Crippen molar-refractivity contribution in [2.24, 2.45) is 0 Å². The Labute approximate surface area is 102 Å². The first kappa shape index (κ1) is 12.3. The highest BCUT2D eigenvalue weighted by atomic mass is 79.9. The molecule has 1 unspecified atom stereocenters. The van der Waals surface area contributed by atoms with Gasteiger partial charge < -0.3 is 10.1 Å². The SMILES string of the molecule is CNC(=O)C(Cl)c1cc(OC)ccc1Br. The van der Waals surface area contributed by atoms with E-state index in [0.29, 0.717) is 11.3 Å². The quantitative estimate of drug-likeness (QED) is 0.869. The minimum absolute atomic E-state index is 0.245. The molecular formula is C10H11BrClNO2. The molecule has 0 aliphatic rings. The van der Waals surface area contributed by atoms with Crippen molar-refractivity contribution in [3.8, 4) is 5.75 Å². The summed E-state index contributed by atoms with van der Waals surface area (Å²) in [6.45, 7) is 0. The molecule has 0 fully saturated rings. The van der Waals surface area contributed by atoms with Gasteiger partial charge in [-0.3, -0.25) is 4.79 Å². The molecule has 1 amide bonds. The van der Waals surface area contributed by atoms with E-state index in [2.05, 4.69) is 21.2 Å². The van der Waals surface area contributed by atoms with Crippen molar-refractivity contribution in [1.29, 1.82) is 0 Å². The lowest BCUT2D eigenvalue weighted by atomic mass is 10.1. The zero-order chi connectivity index (χ0) is 11.4. The summed E-state index contributed by atoms with van der Waals surface area (Å²) in [5, 5.41) is 1.77. The van der Waals surface area contributed by atoms with Crippen LogP contribution >= 0.6 is 27.5 Å². The van der Waals surface area contributed by atoms with Gasteiger partial charge in [-0.15, -0.1) is 11.6 Å². The molecule has 1 aromatic carbocycles. The van der Waals surface area contributed by atoms with Crippen LogP contribution in [0.2, 0.25) is 0 Å². The lowest BCUT2D eigenvalue weighted by Gasteiger charge is -2.11. The second-order valence-electron chi connectivity index (χ2n) is 2.86. The van der Waals surface area contributed by atoms with Crippen LogP contribution in [-0.2, 0) is 4.79 Å². The summed E-state index contributed by atoms with van der Waals surface area (Å²) in [6.07, 6.45) is 0. The van der Waals surface area contributed by atoms with E-state index in [1.165, 1.54) is 0 Å². The molecule has 0 saturated carbocycles. The lowest BCUT2D eigenvalue weighted by Crippen LogP contribution is -2.22. The molecule has 1 atom stereocenters. The Morgan fingerprint density at radius 1 is 1.60 bits per heavy atom. The largest absolute Gasteiger partial charge is 0.497 e. The van der Waals surface area contributed by atoms with Crippen molar-refractivity contribution >= 4 is 33.4 Å². The van der Waals surface area contributed by atoms with Crippen LogP contribution in [0, 0.1) is 0 Å². The number of hydrogen-bond acceptors (Lipinski definition) is 2. The van der Waals surface area contributed by atoms with Crippen molar-refractivity contribution in [1.82, 2.24) is 5.32 Å². The zero-order valence-corrected chi connectivity index (χ0v) is 10.7. The third-order valence-corrected chi connectivity index (χ3v) is 3.11. The number of likely N-dealkylation sites (N-methyl/N-ethyl adjacent to an activating group) is 1. The second-order valence-corrected chi connectivity index (χ2v) is 4.16. The van der Waals surface area contributed by atoms with Gasteiger partial charge in [-0.2, -0.15) is 0 Å². The number of benzene rings is 1. The van der Waals surface area contributed by atoms with Crippen molar-refractivity contribution in [2.75, 3.05) is 14.2 Å². The van der Waals surface area contributed by atoms with Crippen LogP contribution in [-0.4, -0.2) is 20.1 Å². The Morgan fingerprint density at radius 3 is 2.80 bits per heavy atom. The Kier molecular flexibility index (Phi) is 4.42. The van der Waals surface area contributed by atoms with Crippen molar-refractivity contribution in [3.05, 3.63) is 28.2 Å². The number of halogens is 2. The van der Waals surface area contributed by atoms with E-state index >= 15 is 0 Å². The van der Waals surface area contributed by atoms with Crippen LogP contribution in [0.25, 0.3) is 0 Å². The number of rotatable bonds is 3. The number of alkyl halides is 1. The summed E-state index contributed by atoms with van der Waals surface area (Å²) in [6, 6.07) is 5.32. The maximum absolute atomic E-state index is 11.4. The third kappa shape index (κ3) is 2.86. The monoisotopic (exact) mass is 291 g/mol. The van der Waals surface area contributed by atoms with Crippen molar-refractivity contribution in [3.63, 3.8) is 0 Å². The molecule has 1 N–H and O–H groups in total. The van der Waals surface area contributed by atoms with Gasteiger partial charge >= 0.3 is 0 Å². The molecule has 0 radical (unpaired) electrons. The predicted molar refractivity (Wildman–Crippen MR) is 63.4 cm³/mol. The Bertz CT molecular complexity index is 370. The molecule has 0 saturated heterocycles. The lowest BCUT2D eigenvalue weighted by molar-refractivity contribution is -0.120.